The summed E-state index contributed by atoms with van der Waals surface area (Å²) in [7, 11) is 4.53. The minimum atomic E-state index is -0.372. The predicted molar refractivity (Wildman–Crippen MR) is 517 cm³/mol. The van der Waals surface area contributed by atoms with Crippen LogP contribution in [0.25, 0.3) is 33.8 Å². The number of aliphatic hydroxyl groups is 1. The summed E-state index contributed by atoms with van der Waals surface area (Å²) in [6, 6.07) is 55.6. The summed E-state index contributed by atoms with van der Waals surface area (Å²) in [5, 5.41) is 69.3. The van der Waals surface area contributed by atoms with Crippen LogP contribution in [0.3, 0.4) is 0 Å². The molecule has 1 saturated heterocycles. The van der Waals surface area contributed by atoms with Gasteiger partial charge in [0.15, 0.2) is 15.5 Å². The van der Waals surface area contributed by atoms with Crippen LogP contribution in [0.15, 0.2) is 245 Å². The Bertz CT molecular complexity index is 4950. The summed E-state index contributed by atoms with van der Waals surface area (Å²) in [6.45, 7) is 8.70. The van der Waals surface area contributed by atoms with Gasteiger partial charge in [-0.15, -0.1) is 40.8 Å². The van der Waals surface area contributed by atoms with Crippen molar-refractivity contribution in [1.82, 2.24) is 40.8 Å². The van der Waals surface area contributed by atoms with E-state index < -0.39 is 0 Å². The first-order valence-corrected chi connectivity index (χ1v) is 44.9. The van der Waals surface area contributed by atoms with Crippen LogP contribution < -0.4 is 24.4 Å². The quantitative estimate of drug-likeness (QED) is 0.0695. The van der Waals surface area contributed by atoms with E-state index in [4.69, 9.17) is 73.3 Å². The van der Waals surface area contributed by atoms with Gasteiger partial charge in [-0.25, -0.2) is 0 Å². The molecule has 0 aliphatic carbocycles. The topological polar surface area (TPSA) is 239 Å². The van der Waals surface area contributed by atoms with Crippen molar-refractivity contribution >= 4 is 301 Å². The molecule has 0 amide bonds. The fourth-order valence-electron chi connectivity index (χ4n) is 8.60. The van der Waals surface area contributed by atoms with Crippen molar-refractivity contribution in [3.8, 4) is 74.1 Å². The number of methoxy groups -OCH3 is 3. The molecule has 1 aliphatic heterocycles. The third kappa shape index (κ3) is 32.8. The van der Waals surface area contributed by atoms with Crippen LogP contribution in [-0.2, 0) is 22.5 Å². The highest BCUT2D eigenvalue weighted by atomic mass is 127. The van der Waals surface area contributed by atoms with Crippen LogP contribution >= 0.6 is 280 Å². The maximum atomic E-state index is 9.77. The molecular formula is C76H65B2Br14Cl3IN8O10. The number of aromatic nitrogens is 8. The third-order valence-electron chi connectivity index (χ3n) is 14.8. The maximum Gasteiger partial charge on any atom is 0.494 e. The van der Waals surface area contributed by atoms with Gasteiger partial charge < -0.3 is 48.7 Å². The molecule has 0 saturated carbocycles. The van der Waals surface area contributed by atoms with Gasteiger partial charge in [0.2, 0.25) is 5.88 Å². The van der Waals surface area contributed by atoms with E-state index in [1.807, 2.05) is 137 Å². The van der Waals surface area contributed by atoms with Crippen LogP contribution in [0, 0.1) is 3.70 Å². The highest BCUT2D eigenvalue weighted by Gasteiger charge is 2.52. The normalized spacial score (nSPS) is 11.7. The molecule has 4 N–H and O–H groups in total. The Hall–Kier alpha value is -2.99. The Balaban J connectivity index is 0.000000348. The van der Waals surface area contributed by atoms with E-state index in [9.17, 15) is 10.2 Å². The molecule has 0 spiro atoms. The van der Waals surface area contributed by atoms with Gasteiger partial charge in [-0.3, -0.25) is 0 Å². The van der Waals surface area contributed by atoms with Gasteiger partial charge in [0.05, 0.1) is 110 Å². The predicted octanol–water partition coefficient (Wildman–Crippen LogP) is 27.9. The van der Waals surface area contributed by atoms with Crippen molar-refractivity contribution in [3.63, 3.8) is 0 Å². The van der Waals surface area contributed by atoms with Gasteiger partial charge in [-0.05, 0) is 398 Å². The zero-order valence-electron chi connectivity index (χ0n) is 59.5. The van der Waals surface area contributed by atoms with Crippen LogP contribution in [0.5, 0.6) is 40.4 Å². The lowest BCUT2D eigenvalue weighted by atomic mass is 9.79. The van der Waals surface area contributed by atoms with Crippen molar-refractivity contribution in [2.45, 2.75) is 59.5 Å². The number of ether oxygens (including phenoxy) is 4. The largest absolute Gasteiger partial charge is 0.506 e. The molecule has 38 heteroatoms. The second-order valence-electron chi connectivity index (χ2n) is 23.1. The zero-order valence-corrected chi connectivity index (χ0v) is 86.1. The number of benzene rings is 8. The van der Waals surface area contributed by atoms with E-state index in [0.29, 0.717) is 66.2 Å². The van der Waals surface area contributed by atoms with Gasteiger partial charge >= 0.3 is 7.12 Å². The molecule has 1 aliphatic rings. The van der Waals surface area contributed by atoms with Crippen molar-refractivity contribution in [2.75, 3.05) is 21.3 Å². The second-order valence-corrected chi connectivity index (χ2v) is 37.5. The van der Waals surface area contributed by atoms with Crippen LogP contribution in [0.4, 0.5) is 0 Å². The highest BCUT2D eigenvalue weighted by molar-refractivity contribution is 14.1. The smallest absolute Gasteiger partial charge is 0.494 e. The summed E-state index contributed by atoms with van der Waals surface area (Å²) in [4.78, 5) is 0. The summed E-state index contributed by atoms with van der Waals surface area (Å²) in [6.07, 6.45) is 0. The van der Waals surface area contributed by atoms with Crippen LogP contribution in [0.1, 0.15) is 47.7 Å². The molecule has 12 aromatic rings. The summed E-state index contributed by atoms with van der Waals surface area (Å²) < 4.78 is 45.3. The molecule has 4 aromatic heterocycles. The van der Waals surface area contributed by atoms with Gasteiger partial charge in [-0.2, -0.15) is 0 Å². The number of aromatic hydroxyl groups is 3. The molecule has 601 valence electrons. The van der Waals surface area contributed by atoms with Crippen molar-refractivity contribution in [1.29, 1.82) is 0 Å². The number of nitrogens with zero attached hydrogens (tertiary/aromatic N) is 8. The number of aliphatic hydroxyl groups excluding tert-OH is 1. The van der Waals surface area contributed by atoms with E-state index in [-0.39, 0.29) is 59.4 Å². The number of halogens is 18. The molecular weight excluding hydrogens is 2560 g/mol. The Kier molecular flexibility index (Phi) is 46.3. The van der Waals surface area contributed by atoms with E-state index >= 15 is 0 Å². The van der Waals surface area contributed by atoms with Gasteiger partial charge in [0, 0.05) is 41.5 Å². The van der Waals surface area contributed by atoms with Crippen molar-refractivity contribution in [3.05, 3.63) is 275 Å². The Morgan fingerprint density at radius 1 is 0.395 bits per heavy atom. The lowest BCUT2D eigenvalue weighted by Crippen LogP contribution is -2.41. The van der Waals surface area contributed by atoms with Crippen LogP contribution in [-0.4, -0.2) is 109 Å². The average molecular weight is 2620 g/mol. The van der Waals surface area contributed by atoms with Crippen LogP contribution in [0.2, 0.25) is 15.5 Å². The number of hydrogen-bond acceptors (Lipinski definition) is 18. The number of para-hydroxylation sites is 2. The van der Waals surface area contributed by atoms with Gasteiger partial charge in [0.1, 0.15) is 44.8 Å². The monoisotopic (exact) mass is 2610 g/mol. The molecule has 0 unspecified atom stereocenters. The Morgan fingerprint density at radius 2 is 0.719 bits per heavy atom. The summed E-state index contributed by atoms with van der Waals surface area (Å²) in [5.41, 5.74) is 6.97. The fraction of sp³-hybridized carbons (Fsp3) is 0.158. The van der Waals surface area contributed by atoms with Gasteiger partial charge in [0.25, 0.3) is 0 Å². The fourth-order valence-corrected chi connectivity index (χ4v) is 17.8. The summed E-state index contributed by atoms with van der Waals surface area (Å²) >= 11 is 65.6. The first kappa shape index (κ1) is 103. The third-order valence-corrected chi connectivity index (χ3v) is 24.3. The van der Waals surface area contributed by atoms with Gasteiger partial charge in [-0.1, -0.05) is 110 Å². The van der Waals surface area contributed by atoms with E-state index in [1.54, 1.807) is 94.1 Å². The average Bonchev–Trinajstić information content (AvgIpc) is 1.62. The lowest BCUT2D eigenvalue weighted by molar-refractivity contribution is 0.00578. The van der Waals surface area contributed by atoms with Crippen molar-refractivity contribution < 1.29 is 50.1 Å². The minimum Gasteiger partial charge on any atom is -0.506 e. The standard InChI is InChI=1S/C17H11Br3N2O2.C13H17BBr2O3.C11H7Br2ClN2O.C10H5Br2ClN2O.C7H6Br2O.C7H7BrO.C6H4Br2O.C4H2ClIN2.CH4.B.H2/c18-12-3-1-2-10(6-12)9-24-16-5-4-15(21-22-16)11-7-13(19)17(23)14(20)8-11;1-12(2)13(3,4)19-14(18-12)8-6-9(15)11(17-5)10(16)7-8;1-17-11-7(12)4-6(5-8(11)13)9-2-3-10(14)16-15-9;11-6-3-5(4-7(12)10(6)16)8-1-2-9(13)15-14-8;1-10-7-5(8)3-2-4-6(7)9;8-7-3-1-2-6(4-7)5-9;7-4-2-1-3-5(8)6(4)9;5-3-1-2-4(6)8-7-3;;;/h1-8,23H,9H2;6-7H,1-5H3;2-5H,1H3;1-4,16H;2-4H,1H3;1-4,9H,5H2;1-3,9H;1-2H;1H4;;1H/i;;;;;;;;;;1+1. The van der Waals surface area contributed by atoms with E-state index in [2.05, 4.69) is 286 Å². The van der Waals surface area contributed by atoms with E-state index in [0.717, 1.165) is 95.7 Å². The van der Waals surface area contributed by atoms with E-state index in [1.165, 1.54) is 0 Å². The number of hydrogen-bond donors (Lipinski definition) is 4. The molecule has 3 radical (unpaired) electrons. The SMILES string of the molecule is C.COc1c(Br)cc(-c2ccc(Cl)nn2)cc1Br.COc1c(Br)cc(B2OC(C)(C)C(C)(C)O2)cc1Br.COc1c(Br)cccc1Br.Clc1ccc(I)nn1.OCc1cccc(Br)c1.Oc1c(Br)cc(-c2ccc(Cl)nn2)cc1Br.Oc1c(Br)cc(-c2ccc(OCc3cccc(Br)c3)nn2)cc1Br.Oc1c(Br)cccc1Br.[2HH].[B]. The maximum absolute atomic E-state index is 9.77. The summed E-state index contributed by atoms with van der Waals surface area (Å²) in [5.74, 6) is 3.36. The Labute approximate surface area is 811 Å². The Morgan fingerprint density at radius 3 is 1.04 bits per heavy atom. The molecule has 5 heterocycles. The molecule has 1 fully saturated rings. The number of phenols is 3. The molecule has 13 rings (SSSR count). The number of rotatable bonds is 11. The highest BCUT2D eigenvalue weighted by Crippen LogP contribution is 2.42. The first-order chi connectivity index (χ1) is 53.0. The molecule has 114 heavy (non-hydrogen) atoms. The lowest BCUT2D eigenvalue weighted by Gasteiger charge is -2.32. The molecule has 0 atom stereocenters. The second kappa shape index (κ2) is 51.1. The molecule has 8 aromatic carbocycles. The first-order valence-electron chi connectivity index (χ1n) is 31.6. The van der Waals surface area contributed by atoms with Crippen molar-refractivity contribution in [2.24, 2.45) is 0 Å². The number of phenolic OH excluding ortho intramolecular Hbond substituents is 3. The minimum absolute atomic E-state index is 0. The molecule has 0 bridgehead atoms. The molecule has 18 nitrogen and oxygen atoms in total. The zero-order chi connectivity index (χ0) is 82.7.